The Labute approximate surface area is 137 Å². The van der Waals surface area contributed by atoms with E-state index < -0.39 is 30.3 Å². The molecular formula is C13H12F5IN2O. The molecule has 1 heterocycles. The highest BCUT2D eigenvalue weighted by Crippen LogP contribution is 2.20. The maximum atomic E-state index is 13.7. The number of hydrogen-bond donors (Lipinski definition) is 0. The van der Waals surface area contributed by atoms with Gasteiger partial charge in [0.2, 0.25) is 0 Å². The van der Waals surface area contributed by atoms with Gasteiger partial charge in [-0.2, -0.15) is 13.2 Å². The third-order valence-electron chi connectivity index (χ3n) is 3.30. The number of halogens is 6. The quantitative estimate of drug-likeness (QED) is 0.406. The van der Waals surface area contributed by atoms with Gasteiger partial charge in [0.1, 0.15) is 11.6 Å². The van der Waals surface area contributed by atoms with E-state index >= 15 is 0 Å². The molecule has 0 aliphatic carbocycles. The van der Waals surface area contributed by atoms with Crippen LogP contribution in [0.4, 0.5) is 22.0 Å². The largest absolute Gasteiger partial charge is 0.401 e. The number of nitrogens with zero attached hydrogens (tertiary/aromatic N) is 2. The van der Waals surface area contributed by atoms with Crippen molar-refractivity contribution >= 4 is 28.5 Å². The maximum Gasteiger partial charge on any atom is 0.401 e. The lowest BCUT2D eigenvalue weighted by molar-refractivity contribution is -0.148. The predicted molar refractivity (Wildman–Crippen MR) is 77.5 cm³/mol. The molecule has 0 N–H and O–H groups in total. The third kappa shape index (κ3) is 4.28. The van der Waals surface area contributed by atoms with Crippen LogP contribution >= 0.6 is 22.6 Å². The fourth-order valence-electron chi connectivity index (χ4n) is 2.22. The lowest BCUT2D eigenvalue weighted by Gasteiger charge is -2.35. The number of benzene rings is 1. The van der Waals surface area contributed by atoms with E-state index in [9.17, 15) is 26.7 Å². The second kappa shape index (κ2) is 6.65. The van der Waals surface area contributed by atoms with Gasteiger partial charge in [0.15, 0.2) is 0 Å². The van der Waals surface area contributed by atoms with Gasteiger partial charge in [-0.25, -0.2) is 8.78 Å². The fraction of sp³-hybridized carbons (Fsp3) is 0.462. The van der Waals surface area contributed by atoms with Crippen molar-refractivity contribution < 1.29 is 26.7 Å². The molecule has 1 aromatic rings. The van der Waals surface area contributed by atoms with Crippen LogP contribution in [0, 0.1) is 15.2 Å². The predicted octanol–water partition coefficient (Wildman–Crippen LogP) is 2.89. The summed E-state index contributed by atoms with van der Waals surface area (Å²) in [5.41, 5.74) is -0.268. The van der Waals surface area contributed by atoms with E-state index in [1.54, 1.807) is 22.6 Å². The van der Waals surface area contributed by atoms with E-state index in [0.717, 1.165) is 6.07 Å². The number of rotatable bonds is 2. The molecule has 1 aliphatic heterocycles. The van der Waals surface area contributed by atoms with Gasteiger partial charge in [0, 0.05) is 35.8 Å². The van der Waals surface area contributed by atoms with Crippen LogP contribution in [0.5, 0.6) is 0 Å². The minimum Gasteiger partial charge on any atom is -0.336 e. The van der Waals surface area contributed by atoms with Crippen LogP contribution in [0.3, 0.4) is 0 Å². The van der Waals surface area contributed by atoms with Gasteiger partial charge in [0.25, 0.3) is 5.91 Å². The zero-order valence-electron chi connectivity index (χ0n) is 11.3. The normalized spacial score (nSPS) is 16.9. The molecule has 0 spiro atoms. The Bertz CT molecular complexity index is 570. The molecule has 122 valence electrons. The highest BCUT2D eigenvalue weighted by molar-refractivity contribution is 14.1. The molecular weight excluding hydrogens is 422 g/mol. The summed E-state index contributed by atoms with van der Waals surface area (Å²) < 4.78 is 63.8. The first-order valence-electron chi connectivity index (χ1n) is 6.40. The van der Waals surface area contributed by atoms with Crippen molar-refractivity contribution in [3.05, 3.63) is 32.9 Å². The Balaban J connectivity index is 2.03. The number of hydrogen-bond acceptors (Lipinski definition) is 2. The van der Waals surface area contributed by atoms with Crippen LogP contribution in [-0.4, -0.2) is 54.6 Å². The van der Waals surface area contributed by atoms with Crippen LogP contribution in [0.15, 0.2) is 12.1 Å². The summed E-state index contributed by atoms with van der Waals surface area (Å²) in [6.45, 7) is -0.765. The number of carbonyl (C=O) groups excluding carboxylic acids is 1. The standard InChI is InChI=1S/C13H12F5IN2O/c14-9-6-10(15)11(19)5-8(9)12(22)21-3-1-20(2-4-21)7-13(16,17)18/h5-6H,1-4,7H2. The number of alkyl halides is 3. The summed E-state index contributed by atoms with van der Waals surface area (Å²) in [6.07, 6.45) is -4.29. The first-order valence-corrected chi connectivity index (χ1v) is 7.48. The summed E-state index contributed by atoms with van der Waals surface area (Å²) >= 11 is 1.64. The van der Waals surface area contributed by atoms with E-state index in [2.05, 4.69) is 0 Å². The summed E-state index contributed by atoms with van der Waals surface area (Å²) in [5, 5.41) is 0. The second-order valence-corrected chi connectivity index (χ2v) is 6.09. The van der Waals surface area contributed by atoms with E-state index in [1.807, 2.05) is 0 Å². The molecule has 1 aliphatic rings. The number of amides is 1. The highest BCUT2D eigenvalue weighted by atomic mass is 127. The van der Waals surface area contributed by atoms with Gasteiger partial charge in [-0.15, -0.1) is 0 Å². The summed E-state index contributed by atoms with van der Waals surface area (Å²) in [6, 6.07) is 1.74. The Morgan fingerprint density at radius 2 is 1.68 bits per heavy atom. The second-order valence-electron chi connectivity index (χ2n) is 4.93. The van der Waals surface area contributed by atoms with Crippen LogP contribution in [-0.2, 0) is 0 Å². The van der Waals surface area contributed by atoms with Crippen LogP contribution in [0.2, 0.25) is 0 Å². The first-order chi connectivity index (χ1) is 10.2. The molecule has 1 saturated heterocycles. The van der Waals surface area contributed by atoms with Crippen LogP contribution in [0.1, 0.15) is 10.4 Å². The Hall–Kier alpha value is -0.970. The van der Waals surface area contributed by atoms with E-state index in [4.69, 9.17) is 0 Å². The Kier molecular flexibility index (Phi) is 5.25. The molecule has 0 radical (unpaired) electrons. The molecule has 1 amide bonds. The van der Waals surface area contributed by atoms with Crippen molar-refractivity contribution in [2.45, 2.75) is 6.18 Å². The molecule has 0 bridgehead atoms. The van der Waals surface area contributed by atoms with Crippen molar-refractivity contribution in [1.29, 1.82) is 0 Å². The summed E-state index contributed by atoms with van der Waals surface area (Å²) in [4.78, 5) is 14.7. The Morgan fingerprint density at radius 3 is 2.23 bits per heavy atom. The van der Waals surface area contributed by atoms with E-state index in [0.29, 0.717) is 6.07 Å². The van der Waals surface area contributed by atoms with Crippen molar-refractivity contribution in [3.63, 3.8) is 0 Å². The summed E-state index contributed by atoms with van der Waals surface area (Å²) in [7, 11) is 0. The average molecular weight is 434 g/mol. The first kappa shape index (κ1) is 17.4. The fourth-order valence-corrected chi connectivity index (χ4v) is 2.69. The molecule has 2 rings (SSSR count). The smallest absolute Gasteiger partial charge is 0.336 e. The molecule has 1 aromatic carbocycles. The maximum absolute atomic E-state index is 13.7. The molecule has 0 saturated carbocycles. The molecule has 0 atom stereocenters. The molecule has 1 fully saturated rings. The van der Waals surface area contributed by atoms with Gasteiger partial charge in [-0.3, -0.25) is 9.69 Å². The van der Waals surface area contributed by atoms with Crippen molar-refractivity contribution in [2.75, 3.05) is 32.7 Å². The minimum atomic E-state index is -4.29. The minimum absolute atomic E-state index is 0.0607. The molecule has 0 unspecified atom stereocenters. The number of piperazine rings is 1. The summed E-state index contributed by atoms with van der Waals surface area (Å²) in [5.74, 6) is -2.37. The van der Waals surface area contributed by atoms with Crippen molar-refractivity contribution in [3.8, 4) is 0 Å². The molecule has 0 aromatic heterocycles. The molecule has 22 heavy (non-hydrogen) atoms. The number of carbonyl (C=O) groups is 1. The van der Waals surface area contributed by atoms with E-state index in [-0.39, 0.29) is 35.3 Å². The lowest BCUT2D eigenvalue weighted by atomic mass is 10.1. The van der Waals surface area contributed by atoms with Crippen molar-refractivity contribution in [1.82, 2.24) is 9.80 Å². The zero-order valence-corrected chi connectivity index (χ0v) is 13.4. The molecule has 9 heteroatoms. The van der Waals surface area contributed by atoms with Gasteiger partial charge in [0.05, 0.1) is 12.1 Å². The zero-order chi connectivity index (χ0) is 16.5. The van der Waals surface area contributed by atoms with Gasteiger partial charge in [-0.1, -0.05) is 0 Å². The van der Waals surface area contributed by atoms with Crippen LogP contribution in [0.25, 0.3) is 0 Å². The SMILES string of the molecule is O=C(c1cc(I)c(F)cc1F)N1CCN(CC(F)(F)F)CC1. The monoisotopic (exact) mass is 434 g/mol. The van der Waals surface area contributed by atoms with Crippen molar-refractivity contribution in [2.24, 2.45) is 0 Å². The molecule has 3 nitrogen and oxygen atoms in total. The van der Waals surface area contributed by atoms with Gasteiger partial charge < -0.3 is 4.90 Å². The third-order valence-corrected chi connectivity index (χ3v) is 4.13. The van der Waals surface area contributed by atoms with Gasteiger partial charge >= 0.3 is 6.18 Å². The Morgan fingerprint density at radius 1 is 1.09 bits per heavy atom. The topological polar surface area (TPSA) is 23.6 Å². The van der Waals surface area contributed by atoms with Gasteiger partial charge in [-0.05, 0) is 28.7 Å². The van der Waals surface area contributed by atoms with E-state index in [1.165, 1.54) is 9.80 Å². The van der Waals surface area contributed by atoms with Crippen LogP contribution < -0.4 is 0 Å². The average Bonchev–Trinajstić information content (AvgIpc) is 2.41. The highest BCUT2D eigenvalue weighted by Gasteiger charge is 2.33. The lowest BCUT2D eigenvalue weighted by Crippen LogP contribution is -2.51.